The van der Waals surface area contributed by atoms with Gasteiger partial charge in [0.05, 0.1) is 0 Å². The van der Waals surface area contributed by atoms with Gasteiger partial charge in [0.1, 0.15) is 5.69 Å². The van der Waals surface area contributed by atoms with Crippen LogP contribution in [-0.4, -0.2) is 17.4 Å². The van der Waals surface area contributed by atoms with Gasteiger partial charge in [0.2, 0.25) is 0 Å². The van der Waals surface area contributed by atoms with Crippen molar-refractivity contribution >= 4 is 5.91 Å². The molecule has 0 saturated heterocycles. The molecular formula is C10H14N2O. The molecule has 0 spiro atoms. The second-order valence-electron chi connectivity index (χ2n) is 2.70. The Kier molecular flexibility index (Phi) is 3.82. The molecule has 0 aliphatic heterocycles. The Morgan fingerprint density at radius 1 is 1.69 bits per heavy atom. The molecule has 0 aliphatic rings. The quantitative estimate of drug-likeness (QED) is 0.535. The molecule has 0 unspecified atom stereocenters. The van der Waals surface area contributed by atoms with Crippen molar-refractivity contribution in [2.75, 3.05) is 6.54 Å². The summed E-state index contributed by atoms with van der Waals surface area (Å²) in [7, 11) is 0. The summed E-state index contributed by atoms with van der Waals surface area (Å²) in [5, 5.41) is 2.80. The molecule has 13 heavy (non-hydrogen) atoms. The second kappa shape index (κ2) is 5.19. The Morgan fingerprint density at radius 2 is 2.54 bits per heavy atom. The molecule has 70 valence electrons. The molecule has 1 aromatic rings. The minimum atomic E-state index is -0.0468. The van der Waals surface area contributed by atoms with Gasteiger partial charge in [-0.3, -0.25) is 4.79 Å². The first-order valence-corrected chi connectivity index (χ1v) is 4.37. The zero-order valence-corrected chi connectivity index (χ0v) is 7.71. The molecule has 3 nitrogen and oxygen atoms in total. The average molecular weight is 178 g/mol. The largest absolute Gasteiger partial charge is 0.357 e. The van der Waals surface area contributed by atoms with Gasteiger partial charge in [-0.2, -0.15) is 0 Å². The lowest BCUT2D eigenvalue weighted by atomic mass is 10.3. The Morgan fingerprint density at radius 3 is 3.15 bits per heavy atom. The van der Waals surface area contributed by atoms with E-state index in [1.807, 2.05) is 19.1 Å². The molecule has 0 aromatic carbocycles. The van der Waals surface area contributed by atoms with Crippen LogP contribution in [0.1, 0.15) is 23.8 Å². The lowest BCUT2D eigenvalue weighted by Gasteiger charge is -2.00. The standard InChI is InChI=1S/C10H14N2O/c1-2-3-4-7-12-10(13)9-6-5-8-11-9/h2-3,5-6,8,11H,4,7H2,1H3,(H,12,13)/b3-2+. The summed E-state index contributed by atoms with van der Waals surface area (Å²) < 4.78 is 0. The third-order valence-corrected chi connectivity index (χ3v) is 1.67. The van der Waals surface area contributed by atoms with E-state index in [-0.39, 0.29) is 5.91 Å². The fourth-order valence-corrected chi connectivity index (χ4v) is 1.00. The van der Waals surface area contributed by atoms with E-state index in [2.05, 4.69) is 10.3 Å². The summed E-state index contributed by atoms with van der Waals surface area (Å²) >= 11 is 0. The summed E-state index contributed by atoms with van der Waals surface area (Å²) in [6, 6.07) is 3.56. The zero-order valence-electron chi connectivity index (χ0n) is 7.71. The molecule has 0 aliphatic carbocycles. The van der Waals surface area contributed by atoms with Crippen molar-refractivity contribution in [1.82, 2.24) is 10.3 Å². The first-order chi connectivity index (χ1) is 6.34. The van der Waals surface area contributed by atoms with Crippen molar-refractivity contribution in [2.45, 2.75) is 13.3 Å². The van der Waals surface area contributed by atoms with Crippen molar-refractivity contribution < 1.29 is 4.79 Å². The van der Waals surface area contributed by atoms with Crippen LogP contribution in [-0.2, 0) is 0 Å². The van der Waals surface area contributed by atoms with Crippen LogP contribution >= 0.6 is 0 Å². The molecule has 1 amide bonds. The first kappa shape index (κ1) is 9.58. The van der Waals surface area contributed by atoms with Crippen molar-refractivity contribution in [1.29, 1.82) is 0 Å². The van der Waals surface area contributed by atoms with Crippen LogP contribution in [0.5, 0.6) is 0 Å². The monoisotopic (exact) mass is 178 g/mol. The molecule has 0 saturated carbocycles. The SMILES string of the molecule is C/C=C/CCNC(=O)c1ccc[nH]1. The van der Waals surface area contributed by atoms with Gasteiger partial charge in [-0.15, -0.1) is 0 Å². The van der Waals surface area contributed by atoms with Crippen molar-refractivity contribution in [3.63, 3.8) is 0 Å². The topological polar surface area (TPSA) is 44.9 Å². The maximum atomic E-state index is 11.3. The van der Waals surface area contributed by atoms with Crippen LogP contribution in [0.25, 0.3) is 0 Å². The van der Waals surface area contributed by atoms with Gasteiger partial charge in [-0.1, -0.05) is 12.2 Å². The second-order valence-corrected chi connectivity index (χ2v) is 2.70. The molecule has 0 radical (unpaired) electrons. The van der Waals surface area contributed by atoms with Gasteiger partial charge in [-0.05, 0) is 25.5 Å². The normalized spacial score (nSPS) is 10.5. The van der Waals surface area contributed by atoms with Gasteiger partial charge in [0.25, 0.3) is 5.91 Å². The van der Waals surface area contributed by atoms with E-state index in [4.69, 9.17) is 0 Å². The molecule has 1 rings (SSSR count). The van der Waals surface area contributed by atoms with E-state index < -0.39 is 0 Å². The Balaban J connectivity index is 2.27. The van der Waals surface area contributed by atoms with Gasteiger partial charge in [-0.25, -0.2) is 0 Å². The molecule has 1 heterocycles. The summed E-state index contributed by atoms with van der Waals surface area (Å²) in [4.78, 5) is 14.2. The van der Waals surface area contributed by atoms with E-state index in [9.17, 15) is 4.79 Å². The number of rotatable bonds is 4. The van der Waals surface area contributed by atoms with Gasteiger partial charge in [0, 0.05) is 12.7 Å². The highest BCUT2D eigenvalue weighted by Gasteiger charge is 2.02. The predicted molar refractivity (Wildman–Crippen MR) is 52.6 cm³/mol. The third-order valence-electron chi connectivity index (χ3n) is 1.67. The average Bonchev–Trinajstić information content (AvgIpc) is 2.65. The highest BCUT2D eigenvalue weighted by molar-refractivity contribution is 5.92. The van der Waals surface area contributed by atoms with E-state index in [1.54, 1.807) is 18.3 Å². The number of H-pyrrole nitrogens is 1. The number of carbonyl (C=O) groups excluding carboxylic acids is 1. The fourth-order valence-electron chi connectivity index (χ4n) is 1.00. The van der Waals surface area contributed by atoms with E-state index >= 15 is 0 Å². The zero-order chi connectivity index (χ0) is 9.52. The van der Waals surface area contributed by atoms with Crippen LogP contribution < -0.4 is 5.32 Å². The Bertz CT molecular complexity index is 275. The summed E-state index contributed by atoms with van der Waals surface area (Å²) in [5.74, 6) is -0.0468. The molecule has 3 heteroatoms. The number of carbonyl (C=O) groups is 1. The van der Waals surface area contributed by atoms with E-state index in [1.165, 1.54) is 0 Å². The van der Waals surface area contributed by atoms with E-state index in [0.29, 0.717) is 12.2 Å². The maximum absolute atomic E-state index is 11.3. The highest BCUT2D eigenvalue weighted by atomic mass is 16.1. The van der Waals surface area contributed by atoms with Crippen molar-refractivity contribution in [3.8, 4) is 0 Å². The van der Waals surface area contributed by atoms with Gasteiger partial charge < -0.3 is 10.3 Å². The summed E-state index contributed by atoms with van der Waals surface area (Å²) in [6.45, 7) is 2.65. The maximum Gasteiger partial charge on any atom is 0.267 e. The van der Waals surface area contributed by atoms with Crippen LogP contribution in [0.3, 0.4) is 0 Å². The number of nitrogens with one attached hydrogen (secondary N) is 2. The predicted octanol–water partition coefficient (Wildman–Crippen LogP) is 1.71. The molecule has 0 bridgehead atoms. The Hall–Kier alpha value is -1.51. The fraction of sp³-hybridized carbons (Fsp3) is 0.300. The van der Waals surface area contributed by atoms with Gasteiger partial charge in [0.15, 0.2) is 0 Å². The van der Waals surface area contributed by atoms with Crippen LogP contribution in [0, 0.1) is 0 Å². The van der Waals surface area contributed by atoms with Gasteiger partial charge >= 0.3 is 0 Å². The Labute approximate surface area is 77.9 Å². The number of allylic oxidation sites excluding steroid dienone is 1. The molecule has 2 N–H and O–H groups in total. The molecular weight excluding hydrogens is 164 g/mol. The lowest BCUT2D eigenvalue weighted by Crippen LogP contribution is -2.24. The first-order valence-electron chi connectivity index (χ1n) is 4.37. The van der Waals surface area contributed by atoms with E-state index in [0.717, 1.165) is 6.42 Å². The van der Waals surface area contributed by atoms with Crippen LogP contribution in [0.2, 0.25) is 0 Å². The molecule has 0 atom stereocenters. The summed E-state index contributed by atoms with van der Waals surface area (Å²) in [5.41, 5.74) is 0.612. The number of aromatic nitrogens is 1. The molecule has 1 aromatic heterocycles. The highest BCUT2D eigenvalue weighted by Crippen LogP contribution is 1.93. The number of aromatic amines is 1. The molecule has 0 fully saturated rings. The lowest BCUT2D eigenvalue weighted by molar-refractivity contribution is 0.0950. The third kappa shape index (κ3) is 3.15. The smallest absolute Gasteiger partial charge is 0.267 e. The minimum Gasteiger partial charge on any atom is -0.357 e. The van der Waals surface area contributed by atoms with Crippen LogP contribution in [0.15, 0.2) is 30.5 Å². The van der Waals surface area contributed by atoms with Crippen molar-refractivity contribution in [2.24, 2.45) is 0 Å². The van der Waals surface area contributed by atoms with Crippen LogP contribution in [0.4, 0.5) is 0 Å². The number of hydrogen-bond donors (Lipinski definition) is 2. The summed E-state index contributed by atoms with van der Waals surface area (Å²) in [6.07, 6.45) is 6.61. The number of hydrogen-bond acceptors (Lipinski definition) is 1. The van der Waals surface area contributed by atoms with Crippen molar-refractivity contribution in [3.05, 3.63) is 36.2 Å². The number of amides is 1. The minimum absolute atomic E-state index is 0.0468.